The normalized spacial score (nSPS) is 15.1. The molecule has 0 atom stereocenters. The molecule has 156 valence electrons. The van der Waals surface area contributed by atoms with E-state index in [4.69, 9.17) is 0 Å². The maximum Gasteiger partial charge on any atom is 0.161 e. The molecule has 0 unspecified atom stereocenters. The standard InChI is InChI=1S/C25H24FN5/c1-27-12-17-13-29(14-17)22-6-7-23-20(10-22)16-30-15-19(18-2-4-21(26)5-3-18)11-24(30)25-28-8-9-31(23)25/h2-11,15,17,27H,12-14,16H2,1H3. The number of fused-ring (bicyclic) bond motifs is 5. The molecule has 0 bridgehead atoms. The van der Waals surface area contributed by atoms with Crippen LogP contribution < -0.4 is 10.2 Å². The number of benzene rings is 2. The first kappa shape index (κ1) is 18.4. The van der Waals surface area contributed by atoms with Crippen molar-refractivity contribution in [2.75, 3.05) is 31.6 Å². The number of nitrogens with one attached hydrogen (secondary N) is 1. The summed E-state index contributed by atoms with van der Waals surface area (Å²) in [5, 5.41) is 3.28. The fourth-order valence-electron chi connectivity index (χ4n) is 4.83. The number of hydrogen-bond donors (Lipinski definition) is 1. The van der Waals surface area contributed by atoms with Crippen LogP contribution >= 0.6 is 0 Å². The first-order valence-corrected chi connectivity index (χ1v) is 10.7. The minimum atomic E-state index is -0.218. The van der Waals surface area contributed by atoms with E-state index < -0.39 is 0 Å². The Labute approximate surface area is 180 Å². The van der Waals surface area contributed by atoms with Crippen molar-refractivity contribution < 1.29 is 4.39 Å². The van der Waals surface area contributed by atoms with Gasteiger partial charge in [0.1, 0.15) is 5.82 Å². The first-order chi connectivity index (χ1) is 15.2. The van der Waals surface area contributed by atoms with Crippen LogP contribution in [0.1, 0.15) is 5.56 Å². The van der Waals surface area contributed by atoms with Gasteiger partial charge in [0.15, 0.2) is 5.82 Å². The second-order valence-electron chi connectivity index (χ2n) is 8.51. The summed E-state index contributed by atoms with van der Waals surface area (Å²) in [6, 6.07) is 15.6. The molecule has 4 aromatic rings. The molecule has 1 fully saturated rings. The van der Waals surface area contributed by atoms with E-state index in [-0.39, 0.29) is 5.82 Å². The largest absolute Gasteiger partial charge is 0.371 e. The predicted octanol–water partition coefficient (Wildman–Crippen LogP) is 4.16. The summed E-state index contributed by atoms with van der Waals surface area (Å²) in [5.74, 6) is 1.43. The second kappa shape index (κ2) is 7.10. The summed E-state index contributed by atoms with van der Waals surface area (Å²) in [5.41, 5.74) is 6.87. The highest BCUT2D eigenvalue weighted by atomic mass is 19.1. The molecule has 0 amide bonds. The summed E-state index contributed by atoms with van der Waals surface area (Å²) in [6.45, 7) is 4.04. The van der Waals surface area contributed by atoms with Gasteiger partial charge in [0.2, 0.25) is 0 Å². The zero-order valence-corrected chi connectivity index (χ0v) is 17.4. The Hall–Kier alpha value is -3.38. The zero-order chi connectivity index (χ0) is 20.9. The molecule has 0 spiro atoms. The van der Waals surface area contributed by atoms with Crippen LogP contribution in [0, 0.1) is 11.7 Å². The number of hydrogen-bond acceptors (Lipinski definition) is 3. The smallest absolute Gasteiger partial charge is 0.161 e. The fraction of sp³-hybridized carbons (Fsp3) is 0.240. The molecule has 1 N–H and O–H groups in total. The van der Waals surface area contributed by atoms with Crippen LogP contribution in [0.4, 0.5) is 10.1 Å². The van der Waals surface area contributed by atoms with Gasteiger partial charge in [-0.05, 0) is 54.6 Å². The highest BCUT2D eigenvalue weighted by Gasteiger charge is 2.27. The molecule has 2 aliphatic heterocycles. The van der Waals surface area contributed by atoms with Crippen molar-refractivity contribution in [3.8, 4) is 28.3 Å². The van der Waals surface area contributed by atoms with Crippen molar-refractivity contribution in [2.45, 2.75) is 6.54 Å². The van der Waals surface area contributed by atoms with Gasteiger partial charge >= 0.3 is 0 Å². The Morgan fingerprint density at radius 3 is 2.71 bits per heavy atom. The Morgan fingerprint density at radius 1 is 1.06 bits per heavy atom. The first-order valence-electron chi connectivity index (χ1n) is 10.7. The van der Waals surface area contributed by atoms with Gasteiger partial charge in [-0.3, -0.25) is 4.57 Å². The SMILES string of the molecule is CNCC1CN(c2ccc3c(c2)Cn2cc(-c4ccc(F)cc4)cc2-c2nccn2-3)C1. The average Bonchev–Trinajstić information content (AvgIpc) is 3.36. The molecule has 0 aliphatic carbocycles. The lowest BCUT2D eigenvalue weighted by Gasteiger charge is -2.41. The van der Waals surface area contributed by atoms with Crippen LogP contribution in [0.3, 0.4) is 0 Å². The molecule has 2 aromatic heterocycles. The number of rotatable bonds is 4. The van der Waals surface area contributed by atoms with Gasteiger partial charge in [-0.2, -0.15) is 0 Å². The monoisotopic (exact) mass is 413 g/mol. The van der Waals surface area contributed by atoms with E-state index in [0.717, 1.165) is 54.7 Å². The summed E-state index contributed by atoms with van der Waals surface area (Å²) < 4.78 is 17.8. The van der Waals surface area contributed by atoms with E-state index in [1.165, 1.54) is 29.1 Å². The lowest BCUT2D eigenvalue weighted by atomic mass is 9.98. The van der Waals surface area contributed by atoms with Crippen molar-refractivity contribution in [1.82, 2.24) is 19.4 Å². The summed E-state index contributed by atoms with van der Waals surface area (Å²) >= 11 is 0. The van der Waals surface area contributed by atoms with Crippen LogP contribution in [0.2, 0.25) is 0 Å². The molecule has 0 radical (unpaired) electrons. The van der Waals surface area contributed by atoms with Crippen molar-refractivity contribution in [1.29, 1.82) is 0 Å². The van der Waals surface area contributed by atoms with E-state index in [2.05, 4.69) is 54.8 Å². The van der Waals surface area contributed by atoms with Crippen molar-refractivity contribution in [2.24, 2.45) is 5.92 Å². The van der Waals surface area contributed by atoms with Gasteiger partial charge in [0, 0.05) is 61.9 Å². The molecule has 0 saturated carbocycles. The van der Waals surface area contributed by atoms with Crippen LogP contribution in [0.15, 0.2) is 67.1 Å². The Balaban J connectivity index is 1.39. The van der Waals surface area contributed by atoms with Crippen molar-refractivity contribution >= 4 is 5.69 Å². The Bertz CT molecular complexity index is 1250. The average molecular weight is 414 g/mol. The topological polar surface area (TPSA) is 38.0 Å². The Morgan fingerprint density at radius 2 is 1.90 bits per heavy atom. The van der Waals surface area contributed by atoms with Crippen molar-refractivity contribution in [3.05, 3.63) is 78.5 Å². The highest BCUT2D eigenvalue weighted by molar-refractivity contribution is 5.72. The third kappa shape index (κ3) is 3.06. The van der Waals surface area contributed by atoms with Crippen molar-refractivity contribution in [3.63, 3.8) is 0 Å². The molecule has 2 aliphatic rings. The molecule has 6 rings (SSSR count). The molecule has 4 heterocycles. The molecule has 1 saturated heterocycles. The van der Waals surface area contributed by atoms with Gasteiger partial charge in [-0.25, -0.2) is 9.37 Å². The molecule has 31 heavy (non-hydrogen) atoms. The van der Waals surface area contributed by atoms with Crippen LogP contribution in [-0.2, 0) is 6.54 Å². The second-order valence-corrected chi connectivity index (χ2v) is 8.51. The predicted molar refractivity (Wildman–Crippen MR) is 121 cm³/mol. The van der Waals surface area contributed by atoms with Gasteiger partial charge in [0.25, 0.3) is 0 Å². The van der Waals surface area contributed by atoms with E-state index >= 15 is 0 Å². The number of halogens is 1. The van der Waals surface area contributed by atoms with Gasteiger partial charge in [0.05, 0.1) is 11.4 Å². The third-order valence-corrected chi connectivity index (χ3v) is 6.42. The van der Waals surface area contributed by atoms with E-state index in [0.29, 0.717) is 0 Å². The minimum absolute atomic E-state index is 0.218. The number of imidazole rings is 1. The maximum absolute atomic E-state index is 13.4. The summed E-state index contributed by atoms with van der Waals surface area (Å²) in [7, 11) is 2.02. The third-order valence-electron chi connectivity index (χ3n) is 6.42. The van der Waals surface area contributed by atoms with Crippen LogP contribution in [0.25, 0.3) is 28.3 Å². The Kier molecular flexibility index (Phi) is 4.21. The number of nitrogens with zero attached hydrogens (tertiary/aromatic N) is 4. The molecule has 6 heteroatoms. The fourth-order valence-corrected chi connectivity index (χ4v) is 4.83. The summed E-state index contributed by atoms with van der Waals surface area (Å²) in [4.78, 5) is 7.11. The van der Waals surface area contributed by atoms with E-state index in [1.807, 2.05) is 31.6 Å². The maximum atomic E-state index is 13.4. The van der Waals surface area contributed by atoms with Gasteiger partial charge in [-0.15, -0.1) is 0 Å². The lowest BCUT2D eigenvalue weighted by Crippen LogP contribution is -2.50. The van der Waals surface area contributed by atoms with E-state index in [9.17, 15) is 4.39 Å². The number of anilines is 1. The zero-order valence-electron chi connectivity index (χ0n) is 17.4. The highest BCUT2D eigenvalue weighted by Crippen LogP contribution is 2.36. The molecule has 2 aromatic carbocycles. The minimum Gasteiger partial charge on any atom is -0.371 e. The van der Waals surface area contributed by atoms with Gasteiger partial charge in [-0.1, -0.05) is 12.1 Å². The quantitative estimate of drug-likeness (QED) is 0.481. The number of aromatic nitrogens is 3. The molecular weight excluding hydrogens is 389 g/mol. The van der Waals surface area contributed by atoms with E-state index in [1.54, 1.807) is 0 Å². The summed E-state index contributed by atoms with van der Waals surface area (Å²) in [6.07, 6.45) is 6.03. The lowest BCUT2D eigenvalue weighted by molar-refractivity contribution is 0.397. The van der Waals surface area contributed by atoms with Crippen LogP contribution in [0.5, 0.6) is 0 Å². The molecule has 5 nitrogen and oxygen atoms in total. The van der Waals surface area contributed by atoms with Crippen LogP contribution in [-0.4, -0.2) is 40.8 Å². The molecular formula is C25H24FN5. The van der Waals surface area contributed by atoms with Gasteiger partial charge < -0.3 is 14.8 Å².